The van der Waals surface area contributed by atoms with Crippen LogP contribution in [0.3, 0.4) is 0 Å². The number of carbonyl (C=O) groups excluding carboxylic acids is 1. The van der Waals surface area contributed by atoms with E-state index in [0.29, 0.717) is 11.4 Å². The van der Waals surface area contributed by atoms with Crippen molar-refractivity contribution < 1.29 is 4.79 Å². The fourth-order valence-electron chi connectivity index (χ4n) is 3.00. The Kier molecular flexibility index (Phi) is 3.54. The lowest BCUT2D eigenvalue weighted by Gasteiger charge is -2.13. The highest BCUT2D eigenvalue weighted by Crippen LogP contribution is 2.40. The first kappa shape index (κ1) is 14.8. The molecule has 118 valence electrons. The topological polar surface area (TPSA) is 46.1 Å². The fraction of sp³-hybridized carbons (Fsp3) is 0.105. The molecule has 1 aromatic carbocycles. The van der Waals surface area contributed by atoms with Crippen molar-refractivity contribution in [2.45, 2.75) is 6.42 Å². The number of hydrogen-bond donors (Lipinski definition) is 0. The molecule has 1 aliphatic heterocycles. The molecule has 4 nitrogen and oxygen atoms in total. The van der Waals surface area contributed by atoms with Crippen LogP contribution in [0.15, 0.2) is 55.1 Å². The van der Waals surface area contributed by atoms with Gasteiger partial charge < -0.3 is 4.90 Å². The second-order valence-electron chi connectivity index (χ2n) is 5.76. The van der Waals surface area contributed by atoms with Crippen LogP contribution < -0.4 is 4.90 Å². The average molecular weight is 336 g/mol. The van der Waals surface area contributed by atoms with E-state index in [-0.39, 0.29) is 5.91 Å². The first-order chi connectivity index (χ1) is 11.6. The molecule has 0 aliphatic carbocycles. The Bertz CT molecular complexity index is 941. The minimum atomic E-state index is 0.0614. The van der Waals surface area contributed by atoms with Gasteiger partial charge in [-0.25, -0.2) is 0 Å². The van der Waals surface area contributed by atoms with Crippen LogP contribution in [0.5, 0.6) is 0 Å². The Morgan fingerprint density at radius 1 is 1.04 bits per heavy atom. The Morgan fingerprint density at radius 2 is 1.83 bits per heavy atom. The Balaban J connectivity index is 1.81. The second-order valence-corrected chi connectivity index (χ2v) is 6.14. The van der Waals surface area contributed by atoms with Crippen molar-refractivity contribution in [1.82, 2.24) is 9.97 Å². The van der Waals surface area contributed by atoms with E-state index < -0.39 is 0 Å². The maximum Gasteiger partial charge on any atom is 0.231 e. The summed E-state index contributed by atoms with van der Waals surface area (Å²) in [6, 6.07) is 9.81. The molecule has 3 aromatic rings. The van der Waals surface area contributed by atoms with Gasteiger partial charge in [-0.15, -0.1) is 0 Å². The molecule has 3 heterocycles. The van der Waals surface area contributed by atoms with Gasteiger partial charge >= 0.3 is 0 Å². The van der Waals surface area contributed by atoms with Gasteiger partial charge in [0.15, 0.2) is 0 Å². The van der Waals surface area contributed by atoms with E-state index in [1.54, 1.807) is 36.7 Å². The van der Waals surface area contributed by atoms with E-state index >= 15 is 0 Å². The number of rotatable bonds is 2. The largest absolute Gasteiger partial charge is 0.315 e. The number of hydrogen-bond acceptors (Lipinski definition) is 3. The summed E-state index contributed by atoms with van der Waals surface area (Å²) in [6.45, 7) is 0. The molecule has 0 unspecified atom stereocenters. The van der Waals surface area contributed by atoms with Crippen LogP contribution in [0, 0.1) is 0 Å². The number of fused-ring (bicyclic) bond motifs is 1. The number of likely N-dealkylation sites (N-methyl/N-ethyl adjacent to an activating group) is 1. The maximum atomic E-state index is 11.9. The van der Waals surface area contributed by atoms with Gasteiger partial charge in [0.25, 0.3) is 0 Å². The zero-order valence-electron chi connectivity index (χ0n) is 13.0. The second kappa shape index (κ2) is 5.73. The van der Waals surface area contributed by atoms with Gasteiger partial charge in [0.2, 0.25) is 5.91 Å². The number of halogens is 1. The number of amides is 1. The molecule has 0 fully saturated rings. The normalized spacial score (nSPS) is 13.2. The number of anilines is 1. The van der Waals surface area contributed by atoms with Crippen molar-refractivity contribution in [2.75, 3.05) is 11.9 Å². The first-order valence-electron chi connectivity index (χ1n) is 7.59. The summed E-state index contributed by atoms with van der Waals surface area (Å²) in [5.74, 6) is 0.0614. The van der Waals surface area contributed by atoms with E-state index in [0.717, 1.165) is 33.5 Å². The first-order valence-corrected chi connectivity index (χ1v) is 7.96. The third-order valence-electron chi connectivity index (χ3n) is 4.33. The molecule has 0 bridgehead atoms. The van der Waals surface area contributed by atoms with Gasteiger partial charge in [0.05, 0.1) is 11.4 Å². The average Bonchev–Trinajstić information content (AvgIpc) is 2.92. The third kappa shape index (κ3) is 2.36. The highest BCUT2D eigenvalue weighted by atomic mass is 35.5. The van der Waals surface area contributed by atoms with Crippen LogP contribution in [0.25, 0.3) is 22.3 Å². The van der Waals surface area contributed by atoms with Crippen LogP contribution >= 0.6 is 11.6 Å². The molecule has 1 amide bonds. The zero-order chi connectivity index (χ0) is 16.7. The smallest absolute Gasteiger partial charge is 0.231 e. The van der Waals surface area contributed by atoms with E-state index in [1.165, 1.54) is 0 Å². The molecule has 4 rings (SSSR count). The predicted molar refractivity (Wildman–Crippen MR) is 95.0 cm³/mol. The van der Waals surface area contributed by atoms with Crippen LogP contribution in [0.4, 0.5) is 5.69 Å². The van der Waals surface area contributed by atoms with Crippen LogP contribution in [0.1, 0.15) is 5.56 Å². The Labute approximate surface area is 144 Å². The fourth-order valence-corrected chi connectivity index (χ4v) is 3.33. The molecule has 0 saturated heterocycles. The summed E-state index contributed by atoms with van der Waals surface area (Å²) in [5.41, 5.74) is 5.55. The number of nitrogens with zero attached hydrogens (tertiary/aromatic N) is 3. The van der Waals surface area contributed by atoms with E-state index in [9.17, 15) is 4.79 Å². The number of pyridine rings is 2. The summed E-state index contributed by atoms with van der Waals surface area (Å²) in [6.07, 6.45) is 7.48. The van der Waals surface area contributed by atoms with Crippen LogP contribution in [-0.4, -0.2) is 22.9 Å². The minimum Gasteiger partial charge on any atom is -0.315 e. The molecule has 24 heavy (non-hydrogen) atoms. The van der Waals surface area contributed by atoms with Gasteiger partial charge in [-0.05, 0) is 18.2 Å². The Morgan fingerprint density at radius 3 is 2.62 bits per heavy atom. The molecule has 0 atom stereocenters. The molecular weight excluding hydrogens is 322 g/mol. The van der Waals surface area contributed by atoms with Crippen molar-refractivity contribution in [3.05, 3.63) is 65.7 Å². The van der Waals surface area contributed by atoms with Crippen molar-refractivity contribution in [3.63, 3.8) is 0 Å². The summed E-state index contributed by atoms with van der Waals surface area (Å²) in [5, 5.41) is 0.621. The molecule has 0 spiro atoms. The monoisotopic (exact) mass is 335 g/mol. The number of carbonyl (C=O) groups is 1. The van der Waals surface area contributed by atoms with Crippen molar-refractivity contribution in [1.29, 1.82) is 0 Å². The van der Waals surface area contributed by atoms with Gasteiger partial charge in [-0.1, -0.05) is 23.7 Å². The lowest BCUT2D eigenvalue weighted by atomic mass is 10.00. The highest BCUT2D eigenvalue weighted by Gasteiger charge is 2.27. The summed E-state index contributed by atoms with van der Waals surface area (Å²) in [4.78, 5) is 22.1. The predicted octanol–water partition coefficient (Wildman–Crippen LogP) is 3.98. The van der Waals surface area contributed by atoms with E-state index in [2.05, 4.69) is 9.97 Å². The van der Waals surface area contributed by atoms with Crippen LogP contribution in [0.2, 0.25) is 5.02 Å². The summed E-state index contributed by atoms with van der Waals surface area (Å²) >= 11 is 6.60. The minimum absolute atomic E-state index is 0.0614. The number of benzene rings is 1. The van der Waals surface area contributed by atoms with E-state index in [1.807, 2.05) is 30.3 Å². The van der Waals surface area contributed by atoms with Gasteiger partial charge in [-0.2, -0.15) is 0 Å². The van der Waals surface area contributed by atoms with E-state index in [4.69, 9.17) is 11.6 Å². The number of aromatic nitrogens is 2. The molecule has 0 N–H and O–H groups in total. The third-order valence-corrected chi connectivity index (χ3v) is 4.76. The van der Waals surface area contributed by atoms with Crippen LogP contribution in [-0.2, 0) is 11.2 Å². The molecule has 1 aliphatic rings. The summed E-state index contributed by atoms with van der Waals surface area (Å²) < 4.78 is 0. The zero-order valence-corrected chi connectivity index (χ0v) is 13.8. The molecule has 0 radical (unpaired) electrons. The van der Waals surface area contributed by atoms with Gasteiger partial charge in [0, 0.05) is 65.3 Å². The van der Waals surface area contributed by atoms with Crippen molar-refractivity contribution >= 4 is 23.2 Å². The van der Waals surface area contributed by atoms with Crippen molar-refractivity contribution in [3.8, 4) is 22.3 Å². The lowest BCUT2D eigenvalue weighted by molar-refractivity contribution is -0.117. The highest BCUT2D eigenvalue weighted by molar-refractivity contribution is 6.35. The SMILES string of the molecule is CN1C(=O)Cc2c1ccc(-c1cncc(-c3cccnc3)c1)c2Cl. The molecule has 2 aromatic heterocycles. The van der Waals surface area contributed by atoms with Crippen molar-refractivity contribution in [2.24, 2.45) is 0 Å². The Hall–Kier alpha value is -2.72. The summed E-state index contributed by atoms with van der Waals surface area (Å²) in [7, 11) is 1.77. The standard InChI is InChI=1S/C19H14ClN3O/c1-23-17-5-4-15(19(20)16(17)8-18(23)24)14-7-13(10-22-11-14)12-3-2-6-21-9-12/h2-7,9-11H,8H2,1H3. The molecule has 5 heteroatoms. The molecular formula is C19H14ClN3O. The molecule has 0 saturated carbocycles. The van der Waals surface area contributed by atoms with Gasteiger partial charge in [-0.3, -0.25) is 14.8 Å². The maximum absolute atomic E-state index is 11.9. The lowest BCUT2D eigenvalue weighted by Crippen LogP contribution is -2.20. The van der Waals surface area contributed by atoms with Gasteiger partial charge in [0.1, 0.15) is 0 Å². The quantitative estimate of drug-likeness (QED) is 0.711.